The van der Waals surface area contributed by atoms with E-state index in [9.17, 15) is 10.1 Å². The molecule has 0 spiro atoms. The first-order chi connectivity index (χ1) is 13.5. The summed E-state index contributed by atoms with van der Waals surface area (Å²) in [7, 11) is 0. The Morgan fingerprint density at radius 3 is 2.71 bits per heavy atom. The average Bonchev–Trinajstić information content (AvgIpc) is 2.67. The summed E-state index contributed by atoms with van der Waals surface area (Å²) in [6, 6.07) is 17.0. The van der Waals surface area contributed by atoms with Crippen molar-refractivity contribution >= 4 is 17.6 Å². The number of benzene rings is 2. The second-order valence-electron chi connectivity index (χ2n) is 6.21. The van der Waals surface area contributed by atoms with E-state index in [2.05, 4.69) is 6.07 Å². The van der Waals surface area contributed by atoms with Crippen LogP contribution in [-0.2, 0) is 14.3 Å². The fraction of sp³-hybridized carbons (Fsp3) is 0.182. The number of hydrogen-bond acceptors (Lipinski definition) is 5. The molecule has 142 valence electrons. The van der Waals surface area contributed by atoms with E-state index in [0.717, 1.165) is 16.7 Å². The minimum absolute atomic E-state index is 0.0149. The van der Waals surface area contributed by atoms with E-state index in [1.807, 2.05) is 42.5 Å². The van der Waals surface area contributed by atoms with E-state index in [4.69, 9.17) is 26.8 Å². The van der Waals surface area contributed by atoms with Crippen LogP contribution in [0.3, 0.4) is 0 Å². The molecule has 3 rings (SSSR count). The fourth-order valence-corrected chi connectivity index (χ4v) is 3.52. The zero-order valence-electron chi connectivity index (χ0n) is 15.5. The number of carbonyl (C=O) groups is 1. The minimum Gasteiger partial charge on any atom is -0.463 e. The number of halogens is 1. The molecule has 0 saturated carbocycles. The standard InChI is InChI=1S/C22H19ClN2O3/c1-3-27-22(26)19-13(2)28-21(25)18(12-24)20(19)17-10-5-4-9-16(17)14-7-6-8-15(23)11-14/h4-11,20H,3,25H2,1-2H3. The highest BCUT2D eigenvalue weighted by Gasteiger charge is 2.37. The van der Waals surface area contributed by atoms with Crippen molar-refractivity contribution in [3.63, 3.8) is 0 Å². The number of ether oxygens (including phenoxy) is 2. The Kier molecular flexibility index (Phi) is 5.72. The Morgan fingerprint density at radius 1 is 1.29 bits per heavy atom. The van der Waals surface area contributed by atoms with Crippen LogP contribution in [0.25, 0.3) is 11.1 Å². The van der Waals surface area contributed by atoms with Gasteiger partial charge < -0.3 is 15.2 Å². The molecule has 0 radical (unpaired) electrons. The maximum absolute atomic E-state index is 12.7. The molecule has 5 nitrogen and oxygen atoms in total. The molecule has 2 N–H and O–H groups in total. The molecule has 1 aliphatic heterocycles. The van der Waals surface area contributed by atoms with Gasteiger partial charge in [-0.2, -0.15) is 5.26 Å². The first kappa shape index (κ1) is 19.5. The zero-order chi connectivity index (χ0) is 20.3. The third-order valence-corrected chi connectivity index (χ3v) is 4.74. The van der Waals surface area contributed by atoms with Crippen LogP contribution in [0.1, 0.15) is 25.3 Å². The van der Waals surface area contributed by atoms with Crippen molar-refractivity contribution < 1.29 is 14.3 Å². The lowest BCUT2D eigenvalue weighted by Gasteiger charge is -2.28. The maximum Gasteiger partial charge on any atom is 0.338 e. The molecular formula is C22H19ClN2O3. The second kappa shape index (κ2) is 8.20. The number of nitriles is 1. The Morgan fingerprint density at radius 2 is 2.04 bits per heavy atom. The average molecular weight is 395 g/mol. The van der Waals surface area contributed by atoms with Gasteiger partial charge >= 0.3 is 5.97 Å². The predicted molar refractivity (Wildman–Crippen MR) is 107 cm³/mol. The van der Waals surface area contributed by atoms with Gasteiger partial charge in [-0.05, 0) is 42.7 Å². The molecule has 1 unspecified atom stereocenters. The molecule has 0 bridgehead atoms. The molecule has 0 aliphatic carbocycles. The normalized spacial score (nSPS) is 16.4. The first-order valence-electron chi connectivity index (χ1n) is 8.78. The van der Waals surface area contributed by atoms with Crippen LogP contribution < -0.4 is 5.73 Å². The van der Waals surface area contributed by atoms with Crippen LogP contribution in [0, 0.1) is 11.3 Å². The number of nitrogens with two attached hydrogens (primary N) is 1. The summed E-state index contributed by atoms with van der Waals surface area (Å²) < 4.78 is 10.7. The largest absolute Gasteiger partial charge is 0.463 e. The van der Waals surface area contributed by atoms with Crippen molar-refractivity contribution in [3.8, 4) is 17.2 Å². The van der Waals surface area contributed by atoms with Gasteiger partial charge in [0.25, 0.3) is 0 Å². The van der Waals surface area contributed by atoms with E-state index in [1.54, 1.807) is 19.9 Å². The van der Waals surface area contributed by atoms with Gasteiger partial charge in [0.05, 0.1) is 18.1 Å². The van der Waals surface area contributed by atoms with Crippen LogP contribution in [0.5, 0.6) is 0 Å². The summed E-state index contributed by atoms with van der Waals surface area (Å²) in [5, 5.41) is 10.3. The van der Waals surface area contributed by atoms with Gasteiger partial charge in [0.1, 0.15) is 17.4 Å². The van der Waals surface area contributed by atoms with Crippen molar-refractivity contribution in [2.75, 3.05) is 6.61 Å². The molecule has 1 heterocycles. The molecule has 2 aromatic rings. The highest BCUT2D eigenvalue weighted by atomic mass is 35.5. The lowest BCUT2D eigenvalue weighted by molar-refractivity contribution is -0.139. The summed E-state index contributed by atoms with van der Waals surface area (Å²) >= 11 is 6.17. The third kappa shape index (κ3) is 3.60. The molecule has 1 atom stereocenters. The summed E-state index contributed by atoms with van der Waals surface area (Å²) in [5.41, 5.74) is 8.87. The van der Waals surface area contributed by atoms with Crippen LogP contribution in [0.15, 0.2) is 71.3 Å². The Balaban J connectivity index is 2.25. The van der Waals surface area contributed by atoms with Crippen LogP contribution >= 0.6 is 11.6 Å². The topological polar surface area (TPSA) is 85.3 Å². The molecule has 6 heteroatoms. The third-order valence-electron chi connectivity index (χ3n) is 4.51. The monoisotopic (exact) mass is 394 g/mol. The molecule has 2 aromatic carbocycles. The van der Waals surface area contributed by atoms with Gasteiger partial charge in [0.2, 0.25) is 5.88 Å². The molecule has 28 heavy (non-hydrogen) atoms. The van der Waals surface area contributed by atoms with E-state index >= 15 is 0 Å². The van der Waals surface area contributed by atoms with Crippen molar-refractivity contribution in [1.29, 1.82) is 5.26 Å². The number of nitrogens with zero attached hydrogens (tertiary/aromatic N) is 1. The highest BCUT2D eigenvalue weighted by molar-refractivity contribution is 6.30. The quantitative estimate of drug-likeness (QED) is 0.762. The van der Waals surface area contributed by atoms with Gasteiger partial charge in [0.15, 0.2) is 0 Å². The SMILES string of the molecule is CCOC(=O)C1=C(C)OC(N)=C(C#N)C1c1ccccc1-c1cccc(Cl)c1. The highest BCUT2D eigenvalue weighted by Crippen LogP contribution is 2.43. The summed E-state index contributed by atoms with van der Waals surface area (Å²) in [5.74, 6) is -0.932. The zero-order valence-corrected chi connectivity index (χ0v) is 16.3. The van der Waals surface area contributed by atoms with Gasteiger partial charge in [-0.3, -0.25) is 0 Å². The summed E-state index contributed by atoms with van der Waals surface area (Å²) in [6.07, 6.45) is 0. The number of esters is 1. The molecule has 0 aromatic heterocycles. The smallest absolute Gasteiger partial charge is 0.338 e. The van der Waals surface area contributed by atoms with Crippen molar-refractivity contribution in [2.24, 2.45) is 5.73 Å². The van der Waals surface area contributed by atoms with Crippen molar-refractivity contribution in [2.45, 2.75) is 19.8 Å². The Labute approximate surface area is 168 Å². The predicted octanol–water partition coefficient (Wildman–Crippen LogP) is 4.65. The Hall–Kier alpha value is -3.23. The van der Waals surface area contributed by atoms with Crippen LogP contribution in [-0.4, -0.2) is 12.6 Å². The number of rotatable bonds is 4. The molecule has 1 aliphatic rings. The number of hydrogen-bond donors (Lipinski definition) is 1. The number of carbonyl (C=O) groups excluding carboxylic acids is 1. The van der Waals surface area contributed by atoms with Crippen LogP contribution in [0.2, 0.25) is 5.02 Å². The Bertz CT molecular complexity index is 1030. The van der Waals surface area contributed by atoms with Gasteiger partial charge in [-0.15, -0.1) is 0 Å². The van der Waals surface area contributed by atoms with Gasteiger partial charge in [-0.25, -0.2) is 4.79 Å². The number of allylic oxidation sites excluding steroid dienone is 2. The van der Waals surface area contributed by atoms with E-state index in [0.29, 0.717) is 10.8 Å². The maximum atomic E-state index is 12.7. The lowest BCUT2D eigenvalue weighted by atomic mass is 9.79. The molecule has 0 fully saturated rings. The summed E-state index contributed by atoms with van der Waals surface area (Å²) in [6.45, 7) is 3.57. The van der Waals surface area contributed by atoms with E-state index < -0.39 is 11.9 Å². The first-order valence-corrected chi connectivity index (χ1v) is 9.16. The van der Waals surface area contributed by atoms with E-state index in [1.165, 1.54) is 0 Å². The van der Waals surface area contributed by atoms with Crippen molar-refractivity contribution in [3.05, 3.63) is 81.9 Å². The fourth-order valence-electron chi connectivity index (χ4n) is 3.33. The van der Waals surface area contributed by atoms with E-state index in [-0.39, 0.29) is 23.6 Å². The lowest BCUT2D eigenvalue weighted by Crippen LogP contribution is -2.25. The van der Waals surface area contributed by atoms with Crippen molar-refractivity contribution in [1.82, 2.24) is 0 Å². The molecule has 0 amide bonds. The molecule has 0 saturated heterocycles. The second-order valence-corrected chi connectivity index (χ2v) is 6.65. The van der Waals surface area contributed by atoms with Crippen LogP contribution in [0.4, 0.5) is 0 Å². The molecular weight excluding hydrogens is 376 g/mol. The summed E-state index contributed by atoms with van der Waals surface area (Å²) in [4.78, 5) is 12.7. The minimum atomic E-state index is -0.701. The van der Waals surface area contributed by atoms with Gasteiger partial charge in [0, 0.05) is 5.02 Å². The van der Waals surface area contributed by atoms with Gasteiger partial charge in [-0.1, -0.05) is 48.0 Å².